The van der Waals surface area contributed by atoms with Crippen molar-refractivity contribution in [1.82, 2.24) is 10.2 Å². The molecule has 0 aromatic carbocycles. The number of rotatable bonds is 4. The standard InChI is InChI=1S/C10H20N2O2/c1-8(5-7-13)11-10(14)9-4-3-6-12(9)2/h8-9,13H,3-7H2,1-2H3,(H,11,14). The zero-order chi connectivity index (χ0) is 10.6. The van der Waals surface area contributed by atoms with Crippen LogP contribution in [-0.4, -0.2) is 48.2 Å². The highest BCUT2D eigenvalue weighted by molar-refractivity contribution is 5.82. The van der Waals surface area contributed by atoms with Crippen molar-refractivity contribution >= 4 is 5.91 Å². The number of hydrogen-bond acceptors (Lipinski definition) is 3. The summed E-state index contributed by atoms with van der Waals surface area (Å²) in [4.78, 5) is 13.8. The van der Waals surface area contributed by atoms with Gasteiger partial charge in [-0.1, -0.05) is 0 Å². The fourth-order valence-corrected chi connectivity index (χ4v) is 1.85. The van der Waals surface area contributed by atoms with E-state index in [0.29, 0.717) is 6.42 Å². The lowest BCUT2D eigenvalue weighted by Crippen LogP contribution is -2.45. The van der Waals surface area contributed by atoms with Crippen LogP contribution in [0.1, 0.15) is 26.2 Å². The molecule has 1 amide bonds. The van der Waals surface area contributed by atoms with E-state index in [1.165, 1.54) is 0 Å². The van der Waals surface area contributed by atoms with Gasteiger partial charge in [-0.25, -0.2) is 0 Å². The Morgan fingerprint density at radius 2 is 2.43 bits per heavy atom. The lowest BCUT2D eigenvalue weighted by molar-refractivity contribution is -0.125. The number of likely N-dealkylation sites (N-methyl/N-ethyl adjacent to an activating group) is 1. The minimum absolute atomic E-state index is 0.0381. The molecule has 14 heavy (non-hydrogen) atoms. The van der Waals surface area contributed by atoms with Crippen LogP contribution < -0.4 is 5.32 Å². The number of amides is 1. The fourth-order valence-electron chi connectivity index (χ4n) is 1.85. The second-order valence-corrected chi connectivity index (χ2v) is 4.06. The second kappa shape index (κ2) is 5.32. The molecule has 1 aliphatic rings. The molecule has 0 bridgehead atoms. The Morgan fingerprint density at radius 3 is 2.93 bits per heavy atom. The van der Waals surface area contributed by atoms with Gasteiger partial charge in [-0.15, -0.1) is 0 Å². The summed E-state index contributed by atoms with van der Waals surface area (Å²) in [5, 5.41) is 11.6. The predicted octanol–water partition coefficient (Wildman–Crippen LogP) is -0.0323. The Bertz CT molecular complexity index is 197. The quantitative estimate of drug-likeness (QED) is 0.670. The zero-order valence-electron chi connectivity index (χ0n) is 8.99. The van der Waals surface area contributed by atoms with Gasteiger partial charge in [-0.2, -0.15) is 0 Å². The highest BCUT2D eigenvalue weighted by Gasteiger charge is 2.27. The van der Waals surface area contributed by atoms with Crippen LogP contribution in [0.25, 0.3) is 0 Å². The SMILES string of the molecule is CC(CCO)NC(=O)C1CCCN1C. The molecule has 1 saturated heterocycles. The van der Waals surface area contributed by atoms with Gasteiger partial charge in [0.1, 0.15) is 0 Å². The van der Waals surface area contributed by atoms with Crippen molar-refractivity contribution in [3.05, 3.63) is 0 Å². The molecule has 1 rings (SSSR count). The smallest absolute Gasteiger partial charge is 0.237 e. The molecule has 0 aromatic rings. The van der Waals surface area contributed by atoms with Crippen LogP contribution in [0.2, 0.25) is 0 Å². The number of carbonyl (C=O) groups is 1. The van der Waals surface area contributed by atoms with Crippen LogP contribution in [0.3, 0.4) is 0 Å². The molecular formula is C10H20N2O2. The Hall–Kier alpha value is -0.610. The molecular weight excluding hydrogens is 180 g/mol. The first-order chi connectivity index (χ1) is 6.65. The van der Waals surface area contributed by atoms with E-state index < -0.39 is 0 Å². The molecule has 2 unspecified atom stereocenters. The number of aliphatic hydroxyl groups excluding tert-OH is 1. The molecule has 0 spiro atoms. The third-order valence-electron chi connectivity index (χ3n) is 2.77. The topological polar surface area (TPSA) is 52.6 Å². The third kappa shape index (κ3) is 2.96. The molecule has 2 N–H and O–H groups in total. The first kappa shape index (κ1) is 11.5. The van der Waals surface area contributed by atoms with Gasteiger partial charge in [-0.3, -0.25) is 9.69 Å². The Balaban J connectivity index is 2.33. The highest BCUT2D eigenvalue weighted by Crippen LogP contribution is 2.14. The van der Waals surface area contributed by atoms with Gasteiger partial charge >= 0.3 is 0 Å². The maximum atomic E-state index is 11.7. The summed E-state index contributed by atoms with van der Waals surface area (Å²) in [5.41, 5.74) is 0. The molecule has 0 saturated carbocycles. The van der Waals surface area contributed by atoms with Gasteiger partial charge in [0.15, 0.2) is 0 Å². The van der Waals surface area contributed by atoms with E-state index in [1.807, 2.05) is 14.0 Å². The van der Waals surface area contributed by atoms with Crippen LogP contribution in [0.4, 0.5) is 0 Å². The van der Waals surface area contributed by atoms with Gasteiger partial charge in [0.05, 0.1) is 6.04 Å². The summed E-state index contributed by atoms with van der Waals surface area (Å²) >= 11 is 0. The number of hydrogen-bond donors (Lipinski definition) is 2. The van der Waals surface area contributed by atoms with Crippen LogP contribution in [0.15, 0.2) is 0 Å². The summed E-state index contributed by atoms with van der Waals surface area (Å²) in [5.74, 6) is 0.103. The van der Waals surface area contributed by atoms with E-state index in [0.717, 1.165) is 19.4 Å². The van der Waals surface area contributed by atoms with Crippen LogP contribution in [0, 0.1) is 0 Å². The van der Waals surface area contributed by atoms with Crippen molar-refractivity contribution in [3.63, 3.8) is 0 Å². The van der Waals surface area contributed by atoms with Crippen LogP contribution >= 0.6 is 0 Å². The maximum absolute atomic E-state index is 11.7. The lowest BCUT2D eigenvalue weighted by Gasteiger charge is -2.21. The number of nitrogens with zero attached hydrogens (tertiary/aromatic N) is 1. The average Bonchev–Trinajstić information content (AvgIpc) is 2.51. The molecule has 1 fully saturated rings. The summed E-state index contributed by atoms with van der Waals surface area (Å²) in [6, 6.07) is 0.109. The molecule has 1 aliphatic heterocycles. The van der Waals surface area contributed by atoms with E-state index in [2.05, 4.69) is 10.2 Å². The van der Waals surface area contributed by atoms with Gasteiger partial charge in [0.25, 0.3) is 0 Å². The third-order valence-corrected chi connectivity index (χ3v) is 2.77. The van der Waals surface area contributed by atoms with Crippen molar-refractivity contribution < 1.29 is 9.90 Å². The zero-order valence-corrected chi connectivity index (χ0v) is 8.99. The Morgan fingerprint density at radius 1 is 1.71 bits per heavy atom. The summed E-state index contributed by atoms with van der Waals surface area (Å²) < 4.78 is 0. The molecule has 1 heterocycles. The molecule has 4 nitrogen and oxygen atoms in total. The second-order valence-electron chi connectivity index (χ2n) is 4.06. The fraction of sp³-hybridized carbons (Fsp3) is 0.900. The highest BCUT2D eigenvalue weighted by atomic mass is 16.3. The van der Waals surface area contributed by atoms with Crippen molar-refractivity contribution in [1.29, 1.82) is 0 Å². The first-order valence-electron chi connectivity index (χ1n) is 5.26. The number of aliphatic hydroxyl groups is 1. The number of carbonyl (C=O) groups excluding carboxylic acids is 1. The predicted molar refractivity (Wildman–Crippen MR) is 55.0 cm³/mol. The van der Waals surface area contributed by atoms with Gasteiger partial charge in [0.2, 0.25) is 5.91 Å². The lowest BCUT2D eigenvalue weighted by atomic mass is 10.2. The molecule has 2 atom stereocenters. The summed E-state index contributed by atoms with van der Waals surface area (Å²) in [6.45, 7) is 3.05. The van der Waals surface area contributed by atoms with Crippen molar-refractivity contribution in [2.75, 3.05) is 20.2 Å². The molecule has 82 valence electrons. The molecule has 0 aromatic heterocycles. The largest absolute Gasteiger partial charge is 0.396 e. The van der Waals surface area contributed by atoms with Gasteiger partial charge < -0.3 is 10.4 Å². The molecule has 0 radical (unpaired) electrons. The Kier molecular flexibility index (Phi) is 4.35. The van der Waals surface area contributed by atoms with Gasteiger partial charge in [0, 0.05) is 12.6 Å². The summed E-state index contributed by atoms with van der Waals surface area (Å²) in [7, 11) is 1.98. The van der Waals surface area contributed by atoms with Crippen LogP contribution in [0.5, 0.6) is 0 Å². The molecule has 0 aliphatic carbocycles. The monoisotopic (exact) mass is 200 g/mol. The number of likely N-dealkylation sites (tertiary alicyclic amines) is 1. The van der Waals surface area contributed by atoms with E-state index in [9.17, 15) is 4.79 Å². The van der Waals surface area contributed by atoms with E-state index in [4.69, 9.17) is 5.11 Å². The summed E-state index contributed by atoms with van der Waals surface area (Å²) in [6.07, 6.45) is 2.68. The van der Waals surface area contributed by atoms with Crippen molar-refractivity contribution in [3.8, 4) is 0 Å². The van der Waals surface area contributed by atoms with Crippen molar-refractivity contribution in [2.45, 2.75) is 38.3 Å². The van der Waals surface area contributed by atoms with E-state index >= 15 is 0 Å². The minimum Gasteiger partial charge on any atom is -0.396 e. The number of nitrogens with one attached hydrogen (secondary N) is 1. The normalized spacial score (nSPS) is 24.9. The van der Waals surface area contributed by atoms with Crippen LogP contribution in [-0.2, 0) is 4.79 Å². The first-order valence-corrected chi connectivity index (χ1v) is 5.26. The Labute approximate surface area is 85.3 Å². The van der Waals surface area contributed by atoms with Crippen molar-refractivity contribution in [2.24, 2.45) is 0 Å². The molecule has 4 heteroatoms. The van der Waals surface area contributed by atoms with E-state index in [-0.39, 0.29) is 24.6 Å². The van der Waals surface area contributed by atoms with Gasteiger partial charge in [-0.05, 0) is 39.8 Å². The van der Waals surface area contributed by atoms with E-state index in [1.54, 1.807) is 0 Å². The maximum Gasteiger partial charge on any atom is 0.237 e. The average molecular weight is 200 g/mol. The minimum atomic E-state index is 0.0381.